The first-order valence-electron chi connectivity index (χ1n) is 6.22. The van der Waals surface area contributed by atoms with Crippen molar-refractivity contribution < 1.29 is 17.6 Å². The zero-order valence-electron chi connectivity index (χ0n) is 10.7. The molecule has 4 rings (SSSR count). The van der Waals surface area contributed by atoms with Gasteiger partial charge in [0.05, 0.1) is 0 Å². The zero-order chi connectivity index (χ0) is 15.4. The van der Waals surface area contributed by atoms with Crippen molar-refractivity contribution in [3.05, 3.63) is 47.5 Å². The first-order valence-corrected chi connectivity index (χ1v) is 6.22. The van der Waals surface area contributed by atoms with Gasteiger partial charge >= 0.3 is 0 Å². The SMILES string of the molecule is Fc1ccc(F)c2[nH]c(-c3nc4c(F)ccc(F)c4[nH]3)nc12. The van der Waals surface area contributed by atoms with Crippen LogP contribution in [0.4, 0.5) is 17.6 Å². The van der Waals surface area contributed by atoms with Crippen LogP contribution < -0.4 is 0 Å². The van der Waals surface area contributed by atoms with Crippen LogP contribution >= 0.6 is 0 Å². The van der Waals surface area contributed by atoms with Crippen molar-refractivity contribution in [1.82, 2.24) is 19.9 Å². The molecule has 0 atom stereocenters. The molecule has 0 unspecified atom stereocenters. The van der Waals surface area contributed by atoms with Gasteiger partial charge in [0.25, 0.3) is 0 Å². The molecular weight excluding hydrogens is 300 g/mol. The fourth-order valence-electron chi connectivity index (χ4n) is 2.28. The number of fused-ring (bicyclic) bond motifs is 2. The lowest BCUT2D eigenvalue weighted by molar-refractivity contribution is 0.615. The zero-order valence-corrected chi connectivity index (χ0v) is 10.7. The van der Waals surface area contributed by atoms with Gasteiger partial charge in [0.15, 0.2) is 23.3 Å². The van der Waals surface area contributed by atoms with Crippen molar-refractivity contribution in [3.8, 4) is 11.6 Å². The number of H-pyrrole nitrogens is 2. The van der Waals surface area contributed by atoms with Crippen LogP contribution in [-0.2, 0) is 0 Å². The number of halogens is 4. The second kappa shape index (κ2) is 4.30. The van der Waals surface area contributed by atoms with E-state index in [9.17, 15) is 17.6 Å². The summed E-state index contributed by atoms with van der Waals surface area (Å²) in [6.45, 7) is 0. The predicted molar refractivity (Wildman–Crippen MR) is 71.0 cm³/mol. The number of rotatable bonds is 1. The second-order valence-corrected chi connectivity index (χ2v) is 4.68. The van der Waals surface area contributed by atoms with E-state index in [4.69, 9.17) is 0 Å². The Morgan fingerprint density at radius 1 is 0.591 bits per heavy atom. The summed E-state index contributed by atoms with van der Waals surface area (Å²) in [4.78, 5) is 12.9. The first-order chi connectivity index (χ1) is 10.5. The second-order valence-electron chi connectivity index (χ2n) is 4.68. The molecule has 2 aromatic carbocycles. The molecule has 2 N–H and O–H groups in total. The summed E-state index contributed by atoms with van der Waals surface area (Å²) in [6.07, 6.45) is 0. The first kappa shape index (κ1) is 12.8. The molecule has 4 aromatic rings. The van der Waals surface area contributed by atoms with Crippen LogP contribution in [0.15, 0.2) is 24.3 Å². The minimum absolute atomic E-state index is 0.0194. The molecule has 0 bridgehead atoms. The Balaban J connectivity index is 1.99. The maximum absolute atomic E-state index is 13.6. The molecule has 2 aromatic heterocycles. The van der Waals surface area contributed by atoms with Gasteiger partial charge in [-0.15, -0.1) is 0 Å². The molecule has 0 aliphatic carbocycles. The summed E-state index contributed by atoms with van der Waals surface area (Å²) in [5, 5.41) is 0. The number of aromatic amines is 2. The predicted octanol–water partition coefficient (Wildman–Crippen LogP) is 3.66. The summed E-state index contributed by atoms with van der Waals surface area (Å²) in [7, 11) is 0. The Morgan fingerprint density at radius 2 is 0.955 bits per heavy atom. The summed E-state index contributed by atoms with van der Waals surface area (Å²) < 4.78 is 54.5. The van der Waals surface area contributed by atoms with Gasteiger partial charge in [0, 0.05) is 0 Å². The van der Waals surface area contributed by atoms with E-state index in [0.717, 1.165) is 24.3 Å². The molecule has 0 amide bonds. The highest BCUT2D eigenvalue weighted by Gasteiger charge is 2.17. The Labute approximate surface area is 119 Å². The average Bonchev–Trinajstić information content (AvgIpc) is 3.12. The van der Waals surface area contributed by atoms with Crippen molar-refractivity contribution in [2.24, 2.45) is 0 Å². The van der Waals surface area contributed by atoms with Crippen molar-refractivity contribution in [2.75, 3.05) is 0 Å². The van der Waals surface area contributed by atoms with E-state index >= 15 is 0 Å². The van der Waals surface area contributed by atoms with Crippen LogP contribution in [0.2, 0.25) is 0 Å². The fraction of sp³-hybridized carbons (Fsp3) is 0. The molecule has 0 spiro atoms. The number of imidazole rings is 2. The van der Waals surface area contributed by atoms with Gasteiger partial charge in [-0.05, 0) is 24.3 Å². The van der Waals surface area contributed by atoms with Gasteiger partial charge in [-0.25, -0.2) is 27.5 Å². The smallest absolute Gasteiger partial charge is 0.174 e. The highest BCUT2D eigenvalue weighted by atomic mass is 19.1. The number of benzene rings is 2. The van der Waals surface area contributed by atoms with Crippen molar-refractivity contribution in [2.45, 2.75) is 0 Å². The Bertz CT molecular complexity index is 872. The minimum atomic E-state index is -0.715. The molecule has 0 saturated carbocycles. The lowest BCUT2D eigenvalue weighted by atomic mass is 10.3. The highest BCUT2D eigenvalue weighted by Crippen LogP contribution is 2.26. The van der Waals surface area contributed by atoms with Crippen molar-refractivity contribution in [1.29, 1.82) is 0 Å². The molecule has 22 heavy (non-hydrogen) atoms. The number of aromatic nitrogens is 4. The van der Waals surface area contributed by atoms with Crippen LogP contribution in [0.25, 0.3) is 33.7 Å². The van der Waals surface area contributed by atoms with Gasteiger partial charge in [-0.2, -0.15) is 0 Å². The van der Waals surface area contributed by atoms with E-state index in [1.54, 1.807) is 0 Å². The van der Waals surface area contributed by atoms with Crippen LogP contribution in [-0.4, -0.2) is 19.9 Å². The van der Waals surface area contributed by atoms with Crippen LogP contribution in [0.5, 0.6) is 0 Å². The summed E-state index contributed by atoms with van der Waals surface area (Å²) in [6, 6.07) is 3.80. The molecule has 0 saturated heterocycles. The normalized spacial score (nSPS) is 11.6. The summed E-state index contributed by atoms with van der Waals surface area (Å²) in [5.41, 5.74) is -0.708. The molecule has 2 heterocycles. The quantitative estimate of drug-likeness (QED) is 0.527. The molecule has 110 valence electrons. The Kier molecular flexibility index (Phi) is 2.50. The molecule has 4 nitrogen and oxygen atoms in total. The molecule has 0 aliphatic heterocycles. The maximum Gasteiger partial charge on any atom is 0.174 e. The third kappa shape index (κ3) is 1.70. The number of nitrogens with zero attached hydrogens (tertiary/aromatic N) is 2. The molecular formula is C14H6F4N4. The molecule has 8 heteroatoms. The lowest BCUT2D eigenvalue weighted by Gasteiger charge is -1.91. The minimum Gasteiger partial charge on any atom is -0.333 e. The van der Waals surface area contributed by atoms with E-state index in [-0.39, 0.29) is 33.7 Å². The fourth-order valence-corrected chi connectivity index (χ4v) is 2.28. The van der Waals surface area contributed by atoms with Gasteiger partial charge < -0.3 is 9.97 Å². The van der Waals surface area contributed by atoms with Crippen LogP contribution in [0.3, 0.4) is 0 Å². The van der Waals surface area contributed by atoms with Crippen LogP contribution in [0.1, 0.15) is 0 Å². The monoisotopic (exact) mass is 306 g/mol. The topological polar surface area (TPSA) is 57.4 Å². The lowest BCUT2D eigenvalue weighted by Crippen LogP contribution is -1.82. The maximum atomic E-state index is 13.6. The molecule has 0 aliphatic rings. The van der Waals surface area contributed by atoms with Crippen molar-refractivity contribution in [3.63, 3.8) is 0 Å². The third-order valence-electron chi connectivity index (χ3n) is 3.31. The van der Waals surface area contributed by atoms with E-state index in [0.29, 0.717) is 0 Å². The van der Waals surface area contributed by atoms with Gasteiger partial charge in [-0.1, -0.05) is 0 Å². The van der Waals surface area contributed by atoms with Gasteiger partial charge in [-0.3, -0.25) is 0 Å². The average molecular weight is 306 g/mol. The van der Waals surface area contributed by atoms with E-state index in [1.807, 2.05) is 0 Å². The Hall–Kier alpha value is -2.90. The summed E-state index contributed by atoms with van der Waals surface area (Å²) in [5.74, 6) is -2.85. The van der Waals surface area contributed by atoms with Crippen LogP contribution in [0, 0.1) is 23.3 Å². The van der Waals surface area contributed by atoms with E-state index in [1.165, 1.54) is 0 Å². The van der Waals surface area contributed by atoms with E-state index < -0.39 is 23.3 Å². The number of nitrogens with one attached hydrogen (secondary N) is 2. The molecule has 0 radical (unpaired) electrons. The highest BCUT2D eigenvalue weighted by molar-refractivity contribution is 5.83. The number of hydrogen-bond acceptors (Lipinski definition) is 2. The number of hydrogen-bond donors (Lipinski definition) is 2. The Morgan fingerprint density at radius 3 is 1.32 bits per heavy atom. The van der Waals surface area contributed by atoms with E-state index in [2.05, 4.69) is 19.9 Å². The van der Waals surface area contributed by atoms with Gasteiger partial charge in [0.2, 0.25) is 0 Å². The largest absolute Gasteiger partial charge is 0.333 e. The van der Waals surface area contributed by atoms with Crippen molar-refractivity contribution >= 4 is 22.1 Å². The molecule has 0 fully saturated rings. The summed E-state index contributed by atoms with van der Waals surface area (Å²) >= 11 is 0. The third-order valence-corrected chi connectivity index (χ3v) is 3.31. The van der Waals surface area contributed by atoms with Gasteiger partial charge in [0.1, 0.15) is 33.7 Å². The standard InChI is InChI=1S/C14H6F4N4/c15-5-1-2-6(16)10-9(5)19-13(20-10)14-21-11-7(17)3-4-8(18)12(11)22-14/h1-4H,(H,19,20)(H,21,22).